The van der Waals surface area contributed by atoms with Crippen LogP contribution >= 0.6 is 0 Å². The van der Waals surface area contributed by atoms with Gasteiger partial charge in [0, 0.05) is 47.5 Å². The lowest BCUT2D eigenvalue weighted by atomic mass is 9.72. The third-order valence-corrected chi connectivity index (χ3v) is 21.6. The largest absolute Gasteiger partial charge is 0.479 e. The Morgan fingerprint density at radius 2 is 1.30 bits per heavy atom. The third kappa shape index (κ3) is 31.9. The van der Waals surface area contributed by atoms with Crippen molar-refractivity contribution in [1.82, 2.24) is 16.0 Å². The zero-order chi connectivity index (χ0) is 85.7. The molecule has 636 valence electrons. The highest BCUT2D eigenvalue weighted by Gasteiger charge is 2.47. The van der Waals surface area contributed by atoms with E-state index in [9.17, 15) is 110 Å². The minimum absolute atomic E-state index is 0.0392. The van der Waals surface area contributed by atoms with Gasteiger partial charge in [-0.2, -0.15) is 0 Å². The number of cyclic esters (lactones) is 1. The average molecular weight is 1590 g/mol. The fourth-order valence-electron chi connectivity index (χ4n) is 13.9. The van der Waals surface area contributed by atoms with E-state index >= 15 is 0 Å². The number of allylic oxidation sites excluding steroid dienone is 7. The van der Waals surface area contributed by atoms with Crippen LogP contribution in [0.5, 0.6) is 0 Å². The Morgan fingerprint density at radius 3 is 1.88 bits per heavy atom. The summed E-state index contributed by atoms with van der Waals surface area (Å²) in [6.45, 7) is 27.9. The lowest BCUT2D eigenvalue weighted by Gasteiger charge is -2.38. The van der Waals surface area contributed by atoms with E-state index in [1.807, 2.05) is 24.3 Å². The molecule has 29 nitrogen and oxygen atoms in total. The topological polar surface area (TPSA) is 490 Å². The summed E-state index contributed by atoms with van der Waals surface area (Å²) in [5.74, 6) is -18.0. The van der Waals surface area contributed by atoms with Crippen LogP contribution in [0.15, 0.2) is 95.7 Å². The van der Waals surface area contributed by atoms with E-state index in [-0.39, 0.29) is 37.0 Å². The van der Waals surface area contributed by atoms with E-state index in [0.29, 0.717) is 42.7 Å². The maximum absolute atomic E-state index is 14.6. The second-order valence-corrected chi connectivity index (χ2v) is 32.6. The molecule has 0 aromatic rings. The molecule has 29 heteroatoms. The lowest BCUT2D eigenvalue weighted by Crippen LogP contribution is -2.59. The zero-order valence-electron chi connectivity index (χ0n) is 68.8. The van der Waals surface area contributed by atoms with Crippen LogP contribution in [0.3, 0.4) is 0 Å². The number of ketones is 1. The molecule has 2 aliphatic heterocycles. The predicted octanol–water partition coefficient (Wildman–Crippen LogP) is 5.26. The molecule has 0 aliphatic carbocycles. The lowest BCUT2D eigenvalue weighted by molar-refractivity contribution is -0.175. The molecule has 2 aliphatic rings. The van der Waals surface area contributed by atoms with Crippen molar-refractivity contribution in [1.29, 1.82) is 0 Å². The molecule has 0 spiro atoms. The minimum Gasteiger partial charge on any atom is -0.479 e. The van der Waals surface area contributed by atoms with Crippen LogP contribution in [0.1, 0.15) is 189 Å². The highest BCUT2D eigenvalue weighted by molar-refractivity contribution is 5.95. The number of methoxy groups -OCH3 is 1. The molecule has 0 aromatic heterocycles. The number of esters is 3. The molecule has 26 atom stereocenters. The van der Waals surface area contributed by atoms with Gasteiger partial charge < -0.3 is 101 Å². The van der Waals surface area contributed by atoms with E-state index in [2.05, 4.69) is 22.9 Å². The number of rotatable bonds is 29. The standard InChI is InChI=1S/C83H133N3O26/c1-43(2)68(94)66(84-63(92)35-36-82(15,16)75(100)54(13)76(101)83(17,18)81(108)109-19)72(98)50(9)40-48(7)69(95)45(4)31-33-58(88)52(11)77(102)86-65(55(14)87)74-53(12)61(111-64(93)42-60(90)78(103)104)34-32-46(5)70(96)47(6)39-49(8)71(97)51(10)59(89)41-57-38-44(3)37-56(110-57)29-27-25-23-21-20-22-24-26-28-30-62(91)85-67(80(107)112-74)73(99)79(105)106/h21,23-28,30,32,35-36,39-40,43-45,47,50-61,65-74,76,87-90,94-99,101H,20,22,29,31,33-34,37-38,41-42H2,1-19H3,(H,84,92)(H,85,91)(H,86,102)(H,103,104)(H,105,106)/b23-21+,26-24+,27-25+,30-28+,36-35+,46-32+,48-40+,49-39+/t44-,45-,47-,50+,51-,52-,53+,54+,55+,56-,57+,58+,59-,60-,61+,65-,66-,67+,68-,69-,70-,71-,72-,73-,74+,76-/m1/s1. The molecular formula is C83H133N3O26. The van der Waals surface area contributed by atoms with Crippen molar-refractivity contribution in [2.75, 3.05) is 7.11 Å². The minimum atomic E-state index is -2.71. The van der Waals surface area contributed by atoms with Crippen LogP contribution in [0.25, 0.3) is 0 Å². The second kappa shape index (κ2) is 47.7. The van der Waals surface area contributed by atoms with Crippen LogP contribution < -0.4 is 16.0 Å². The summed E-state index contributed by atoms with van der Waals surface area (Å²) < 4.78 is 23.0. The molecule has 0 unspecified atom stereocenters. The molecule has 0 radical (unpaired) electrons. The molecule has 0 saturated carbocycles. The number of carbonyl (C=O) groups excluding carboxylic acids is 7. The number of aliphatic hydroxyl groups is 11. The van der Waals surface area contributed by atoms with E-state index < -0.39 is 222 Å². The van der Waals surface area contributed by atoms with E-state index in [1.165, 1.54) is 79.7 Å². The first-order valence-corrected chi connectivity index (χ1v) is 38.9. The first-order chi connectivity index (χ1) is 51.9. The number of ether oxygens (including phenoxy) is 4. The Hall–Kier alpha value is -7.13. The molecular weight excluding hydrogens is 1450 g/mol. The monoisotopic (exact) mass is 1590 g/mol. The predicted molar refractivity (Wildman–Crippen MR) is 417 cm³/mol. The SMILES string of the molecule is COC(=O)C(C)(C)[C@H](O)[C@@H](C)C(=O)C(C)(C)/C=C/C(=O)N[C@@H]([C@H](O)[C@@H](C)/C=C(\C)[C@H](O)[C@H](C)CC[C@H](O)[C@@H](C)C(=O)N[C@@H]([C@H]1OC(=O)[C@H]([C@@H](O)C(=O)O)NC(=O)/C=C/C=C/CC/C=C/C=C/C[C@@H]2C[C@@H](C)C[C@@H](C[C@@H](O)[C@@H](C)[C@H](O)/C(C)=C/[C@@H](C)[C@H](O)/C(C)=C/C[C@H](OC(=O)C[C@@H](O)C(=O)O)[C@@H]1C)O2)[C@H](C)O)[C@H](O)C(C)C. The fourth-order valence-corrected chi connectivity index (χ4v) is 13.9. The van der Waals surface area contributed by atoms with E-state index in [4.69, 9.17) is 18.9 Å². The number of hydrogen-bond donors (Lipinski definition) is 16. The summed E-state index contributed by atoms with van der Waals surface area (Å²) in [5.41, 5.74) is -1.81. The van der Waals surface area contributed by atoms with Crippen molar-refractivity contribution in [3.8, 4) is 0 Å². The van der Waals surface area contributed by atoms with E-state index in [0.717, 1.165) is 32.6 Å². The summed E-state index contributed by atoms with van der Waals surface area (Å²) >= 11 is 0. The summed E-state index contributed by atoms with van der Waals surface area (Å²) in [6, 6.07) is -5.55. The molecule has 2 bridgehead atoms. The Morgan fingerprint density at radius 1 is 0.714 bits per heavy atom. The van der Waals surface area contributed by atoms with Gasteiger partial charge in [0.25, 0.3) is 0 Å². The average Bonchev–Trinajstić information content (AvgIpc) is 0.836. The number of carboxylic acid groups (broad SMARTS) is 2. The van der Waals surface area contributed by atoms with Crippen molar-refractivity contribution in [3.05, 3.63) is 95.7 Å². The van der Waals surface area contributed by atoms with Gasteiger partial charge in [-0.3, -0.25) is 28.8 Å². The number of nitrogens with one attached hydrogen (secondary N) is 3. The normalized spacial score (nSPS) is 29.7. The number of carbonyl (C=O) groups is 9. The van der Waals surface area contributed by atoms with Gasteiger partial charge in [0.2, 0.25) is 17.7 Å². The quantitative estimate of drug-likeness (QED) is 0.0196. The fraction of sp³-hybridized carbons (Fsp3) is 0.699. The number of fused-ring (bicyclic) bond motifs is 2. The van der Waals surface area contributed by atoms with Crippen LogP contribution in [0.2, 0.25) is 0 Å². The number of amides is 3. The van der Waals surface area contributed by atoms with Gasteiger partial charge in [-0.25, -0.2) is 14.4 Å². The Balaban J connectivity index is 2.69. The second-order valence-electron chi connectivity index (χ2n) is 32.6. The van der Waals surface area contributed by atoms with Crippen LogP contribution in [-0.4, -0.2) is 237 Å². The maximum atomic E-state index is 14.6. The van der Waals surface area contributed by atoms with Crippen molar-refractivity contribution >= 4 is 53.4 Å². The maximum Gasteiger partial charge on any atom is 0.335 e. The number of aliphatic carboxylic acids is 2. The molecule has 3 amide bonds. The van der Waals surface area contributed by atoms with Crippen LogP contribution in [0.4, 0.5) is 0 Å². The summed E-state index contributed by atoms with van der Waals surface area (Å²) in [4.78, 5) is 120. The third-order valence-electron chi connectivity index (χ3n) is 21.6. The van der Waals surface area contributed by atoms with Crippen LogP contribution in [-0.2, 0) is 62.1 Å². The molecule has 1 fully saturated rings. The first kappa shape index (κ1) is 101. The highest BCUT2D eigenvalue weighted by atomic mass is 16.6. The van der Waals surface area contributed by atoms with Crippen LogP contribution in [0, 0.1) is 64.1 Å². The van der Waals surface area contributed by atoms with Crippen molar-refractivity contribution in [2.24, 2.45) is 64.1 Å². The highest BCUT2D eigenvalue weighted by Crippen LogP contribution is 2.36. The van der Waals surface area contributed by atoms with Crippen molar-refractivity contribution < 1.29 is 128 Å². The molecule has 1 saturated heterocycles. The molecule has 2 heterocycles. The summed E-state index contributed by atoms with van der Waals surface area (Å²) in [6.07, 6.45) is 0.673. The van der Waals surface area contributed by atoms with Gasteiger partial charge in [0.05, 0.1) is 104 Å². The Labute approximate surface area is 660 Å². The molecule has 0 aromatic carbocycles. The number of carboxylic acids is 2. The zero-order valence-corrected chi connectivity index (χ0v) is 68.8. The van der Waals surface area contributed by atoms with Gasteiger partial charge in [0.1, 0.15) is 18.0 Å². The van der Waals surface area contributed by atoms with E-state index in [1.54, 1.807) is 73.6 Å². The Kier molecular flexibility index (Phi) is 43.0. The van der Waals surface area contributed by atoms with Gasteiger partial charge in [0.15, 0.2) is 18.2 Å². The van der Waals surface area contributed by atoms with Gasteiger partial charge in [-0.05, 0) is 147 Å². The smallest absolute Gasteiger partial charge is 0.335 e. The number of aliphatic hydroxyl groups excluding tert-OH is 11. The first-order valence-electron chi connectivity index (χ1n) is 38.9. The number of hydrogen-bond acceptors (Lipinski definition) is 24. The number of Topliss-reactive ketones (excluding diaryl/α,β-unsaturated/α-hetero) is 1. The molecule has 16 N–H and O–H groups in total. The van der Waals surface area contributed by atoms with Gasteiger partial charge in [-0.15, -0.1) is 0 Å². The van der Waals surface area contributed by atoms with Gasteiger partial charge >= 0.3 is 29.8 Å². The summed E-state index contributed by atoms with van der Waals surface area (Å²) in [7, 11) is 1.16. The van der Waals surface area contributed by atoms with Crippen molar-refractivity contribution in [2.45, 2.75) is 299 Å². The van der Waals surface area contributed by atoms with Crippen molar-refractivity contribution in [3.63, 3.8) is 0 Å². The summed E-state index contributed by atoms with van der Waals surface area (Å²) in [5, 5.41) is 152. The Bertz CT molecular complexity index is 3320. The molecule has 2 rings (SSSR count). The molecule has 112 heavy (non-hydrogen) atoms. The van der Waals surface area contributed by atoms with Gasteiger partial charge in [-0.1, -0.05) is 136 Å².